The molecule has 0 saturated carbocycles. The maximum Gasteiger partial charge on any atom is 0.315 e. The number of thiophene rings is 1. The highest BCUT2D eigenvalue weighted by Crippen LogP contribution is 2.22. The zero-order valence-corrected chi connectivity index (χ0v) is 7.36. The number of hydrogen-bond acceptors (Lipinski definition) is 2. The molecule has 1 unspecified atom stereocenters. The topological polar surface area (TPSA) is 41.1 Å². The fraction of sp³-hybridized carbons (Fsp3) is 0.375. The van der Waals surface area contributed by atoms with E-state index in [1.807, 2.05) is 11.4 Å². The van der Waals surface area contributed by atoms with Crippen molar-refractivity contribution in [2.24, 2.45) is 0 Å². The minimum atomic E-state index is -0.0559. The summed E-state index contributed by atoms with van der Waals surface area (Å²) in [6.45, 7) is 0.772. The molecule has 1 aromatic heterocycles. The summed E-state index contributed by atoms with van der Waals surface area (Å²) >= 11 is 1.69. The van der Waals surface area contributed by atoms with Gasteiger partial charge in [0.1, 0.15) is 0 Å². The molecule has 2 rings (SSSR count). The molecule has 64 valence electrons. The Labute approximate surface area is 74.8 Å². The van der Waals surface area contributed by atoms with Gasteiger partial charge in [-0.25, -0.2) is 4.79 Å². The van der Waals surface area contributed by atoms with Crippen LogP contribution in [-0.2, 0) is 0 Å². The van der Waals surface area contributed by atoms with E-state index in [0.29, 0.717) is 0 Å². The van der Waals surface area contributed by atoms with E-state index in [-0.39, 0.29) is 12.1 Å². The van der Waals surface area contributed by atoms with Crippen LogP contribution < -0.4 is 10.6 Å². The average molecular weight is 182 g/mol. The number of carbonyl (C=O) groups excluding carboxylic acids is 1. The summed E-state index contributed by atoms with van der Waals surface area (Å²) in [5.41, 5.74) is 0. The predicted molar refractivity (Wildman–Crippen MR) is 48.2 cm³/mol. The minimum absolute atomic E-state index is 0.0559. The molecule has 0 radical (unpaired) electrons. The van der Waals surface area contributed by atoms with Crippen molar-refractivity contribution in [3.63, 3.8) is 0 Å². The van der Waals surface area contributed by atoms with Crippen LogP contribution in [0.25, 0.3) is 0 Å². The lowest BCUT2D eigenvalue weighted by molar-refractivity contribution is 0.229. The summed E-state index contributed by atoms with van der Waals surface area (Å²) in [7, 11) is 0. The van der Waals surface area contributed by atoms with Gasteiger partial charge in [0, 0.05) is 11.4 Å². The Balaban J connectivity index is 2.09. The second-order valence-electron chi connectivity index (χ2n) is 2.76. The number of hydrogen-bond donors (Lipinski definition) is 2. The van der Waals surface area contributed by atoms with Crippen LogP contribution in [-0.4, -0.2) is 12.6 Å². The van der Waals surface area contributed by atoms with E-state index in [9.17, 15) is 4.79 Å². The standard InChI is InChI=1S/C8H10N2OS/c11-8-9-4-3-6(10-8)7-2-1-5-12-7/h1-2,5-6H,3-4H2,(H2,9,10,11). The summed E-state index contributed by atoms with van der Waals surface area (Å²) in [5.74, 6) is 0. The molecule has 2 heterocycles. The summed E-state index contributed by atoms with van der Waals surface area (Å²) in [4.78, 5) is 12.2. The van der Waals surface area contributed by atoms with Crippen molar-refractivity contribution in [1.82, 2.24) is 10.6 Å². The normalized spacial score (nSPS) is 23.0. The molecule has 1 aliphatic rings. The van der Waals surface area contributed by atoms with Crippen LogP contribution in [0.15, 0.2) is 17.5 Å². The van der Waals surface area contributed by atoms with Crippen molar-refractivity contribution in [3.8, 4) is 0 Å². The molecular formula is C8H10N2OS. The second-order valence-corrected chi connectivity index (χ2v) is 3.74. The number of nitrogens with one attached hydrogen (secondary N) is 2. The first-order valence-corrected chi connectivity index (χ1v) is 4.82. The molecule has 4 heteroatoms. The summed E-state index contributed by atoms with van der Waals surface area (Å²) in [5, 5.41) is 7.64. The first-order chi connectivity index (χ1) is 5.86. The number of rotatable bonds is 1. The molecule has 2 amide bonds. The van der Waals surface area contributed by atoms with Crippen LogP contribution in [0, 0.1) is 0 Å². The van der Waals surface area contributed by atoms with Gasteiger partial charge in [0.05, 0.1) is 6.04 Å². The first-order valence-electron chi connectivity index (χ1n) is 3.94. The Morgan fingerprint density at radius 1 is 1.58 bits per heavy atom. The van der Waals surface area contributed by atoms with Crippen LogP contribution in [0.4, 0.5) is 4.79 Å². The van der Waals surface area contributed by atoms with Gasteiger partial charge in [-0.15, -0.1) is 11.3 Å². The summed E-state index contributed by atoms with van der Waals surface area (Å²) in [6.07, 6.45) is 0.978. The van der Waals surface area contributed by atoms with E-state index >= 15 is 0 Å². The number of urea groups is 1. The van der Waals surface area contributed by atoms with E-state index < -0.39 is 0 Å². The van der Waals surface area contributed by atoms with Crippen molar-refractivity contribution < 1.29 is 4.79 Å². The van der Waals surface area contributed by atoms with Crippen LogP contribution >= 0.6 is 11.3 Å². The monoisotopic (exact) mass is 182 g/mol. The highest BCUT2D eigenvalue weighted by molar-refractivity contribution is 7.10. The van der Waals surface area contributed by atoms with Gasteiger partial charge < -0.3 is 10.6 Å². The summed E-state index contributed by atoms with van der Waals surface area (Å²) in [6, 6.07) is 4.23. The van der Waals surface area contributed by atoms with Crippen molar-refractivity contribution in [2.75, 3.05) is 6.54 Å². The molecule has 0 aromatic carbocycles. The Hall–Kier alpha value is -1.03. The van der Waals surface area contributed by atoms with Crippen LogP contribution in [0.1, 0.15) is 17.3 Å². The van der Waals surface area contributed by atoms with E-state index in [1.54, 1.807) is 11.3 Å². The molecule has 0 spiro atoms. The van der Waals surface area contributed by atoms with Gasteiger partial charge in [-0.2, -0.15) is 0 Å². The van der Waals surface area contributed by atoms with Crippen molar-refractivity contribution in [1.29, 1.82) is 0 Å². The van der Waals surface area contributed by atoms with Gasteiger partial charge in [-0.1, -0.05) is 6.07 Å². The van der Waals surface area contributed by atoms with Gasteiger partial charge >= 0.3 is 6.03 Å². The van der Waals surface area contributed by atoms with Gasteiger partial charge in [-0.3, -0.25) is 0 Å². The Morgan fingerprint density at radius 3 is 3.17 bits per heavy atom. The summed E-state index contributed by atoms with van der Waals surface area (Å²) < 4.78 is 0. The lowest BCUT2D eigenvalue weighted by Crippen LogP contribution is -2.44. The largest absolute Gasteiger partial charge is 0.338 e. The van der Waals surface area contributed by atoms with Crippen molar-refractivity contribution in [3.05, 3.63) is 22.4 Å². The van der Waals surface area contributed by atoms with Crippen LogP contribution in [0.5, 0.6) is 0 Å². The highest BCUT2D eigenvalue weighted by atomic mass is 32.1. The van der Waals surface area contributed by atoms with Crippen molar-refractivity contribution >= 4 is 17.4 Å². The fourth-order valence-electron chi connectivity index (χ4n) is 1.31. The molecule has 2 N–H and O–H groups in total. The average Bonchev–Trinajstić information content (AvgIpc) is 2.56. The molecular weight excluding hydrogens is 172 g/mol. The molecule has 1 aliphatic heterocycles. The second kappa shape index (κ2) is 3.15. The Bertz CT molecular complexity index is 271. The van der Waals surface area contributed by atoms with Gasteiger partial charge in [0.2, 0.25) is 0 Å². The van der Waals surface area contributed by atoms with E-state index in [2.05, 4.69) is 16.7 Å². The molecule has 1 atom stereocenters. The highest BCUT2D eigenvalue weighted by Gasteiger charge is 2.19. The predicted octanol–water partition coefficient (Wildman–Crippen LogP) is 1.49. The number of carbonyl (C=O) groups is 1. The van der Waals surface area contributed by atoms with Gasteiger partial charge in [-0.05, 0) is 17.9 Å². The third kappa shape index (κ3) is 1.43. The number of amides is 2. The SMILES string of the molecule is O=C1NCCC(c2cccs2)N1. The molecule has 12 heavy (non-hydrogen) atoms. The lowest BCUT2D eigenvalue weighted by atomic mass is 10.1. The Morgan fingerprint density at radius 2 is 2.50 bits per heavy atom. The maximum absolute atomic E-state index is 11.0. The maximum atomic E-state index is 11.0. The zero-order chi connectivity index (χ0) is 8.39. The molecule has 0 bridgehead atoms. The molecule has 3 nitrogen and oxygen atoms in total. The van der Waals surface area contributed by atoms with E-state index in [1.165, 1.54) is 4.88 Å². The fourth-order valence-corrected chi connectivity index (χ4v) is 2.13. The van der Waals surface area contributed by atoms with Crippen molar-refractivity contribution in [2.45, 2.75) is 12.5 Å². The Kier molecular flexibility index (Phi) is 1.99. The van der Waals surface area contributed by atoms with Crippen LogP contribution in [0.2, 0.25) is 0 Å². The smallest absolute Gasteiger partial charge is 0.315 e. The molecule has 0 aliphatic carbocycles. The molecule has 1 saturated heterocycles. The minimum Gasteiger partial charge on any atom is -0.338 e. The van der Waals surface area contributed by atoms with Gasteiger partial charge in [0.15, 0.2) is 0 Å². The van der Waals surface area contributed by atoms with E-state index in [0.717, 1.165) is 13.0 Å². The van der Waals surface area contributed by atoms with Crippen LogP contribution in [0.3, 0.4) is 0 Å². The molecule has 1 aromatic rings. The first kappa shape index (κ1) is 7.61. The third-order valence-corrected chi connectivity index (χ3v) is 2.90. The zero-order valence-electron chi connectivity index (χ0n) is 6.54. The van der Waals surface area contributed by atoms with E-state index in [4.69, 9.17) is 0 Å². The molecule has 1 fully saturated rings. The lowest BCUT2D eigenvalue weighted by Gasteiger charge is -2.22. The quantitative estimate of drug-likeness (QED) is 0.678. The van der Waals surface area contributed by atoms with Gasteiger partial charge in [0.25, 0.3) is 0 Å². The third-order valence-electron chi connectivity index (χ3n) is 1.91.